The van der Waals surface area contributed by atoms with E-state index in [2.05, 4.69) is 5.32 Å². The highest BCUT2D eigenvalue weighted by molar-refractivity contribution is 7.92. The van der Waals surface area contributed by atoms with E-state index >= 15 is 0 Å². The van der Waals surface area contributed by atoms with Crippen molar-refractivity contribution in [3.05, 3.63) is 46.2 Å². The van der Waals surface area contributed by atoms with Crippen molar-refractivity contribution in [2.75, 3.05) is 17.9 Å². The Kier molecular flexibility index (Phi) is 4.87. The summed E-state index contributed by atoms with van der Waals surface area (Å²) in [5, 5.41) is 4.40. The Balaban J connectivity index is 2.39. The van der Waals surface area contributed by atoms with E-state index in [4.69, 9.17) is 0 Å². The molecule has 0 aliphatic rings. The van der Waals surface area contributed by atoms with E-state index in [1.54, 1.807) is 35.7 Å². The molecule has 2 rings (SSSR count). The van der Waals surface area contributed by atoms with Gasteiger partial charge in [0.05, 0.1) is 10.6 Å². The van der Waals surface area contributed by atoms with Crippen molar-refractivity contribution in [1.29, 1.82) is 0 Å². The maximum atomic E-state index is 12.7. The van der Waals surface area contributed by atoms with Crippen molar-refractivity contribution in [1.82, 2.24) is 5.32 Å². The van der Waals surface area contributed by atoms with Gasteiger partial charge in [-0.15, -0.1) is 11.3 Å². The van der Waals surface area contributed by atoms with E-state index in [0.29, 0.717) is 17.1 Å². The van der Waals surface area contributed by atoms with E-state index in [9.17, 15) is 13.2 Å². The molecule has 0 spiro atoms. The van der Waals surface area contributed by atoms with Crippen LogP contribution in [0.15, 0.2) is 40.6 Å². The SMILES string of the molecule is CCNC(=O)c1sccc1N(C)S(=O)(=O)c1ccc(C)cc1. The lowest BCUT2D eigenvalue weighted by Gasteiger charge is -2.19. The monoisotopic (exact) mass is 338 g/mol. The lowest BCUT2D eigenvalue weighted by molar-refractivity contribution is 0.0960. The molecule has 1 heterocycles. The van der Waals surface area contributed by atoms with Gasteiger partial charge in [-0.2, -0.15) is 0 Å². The van der Waals surface area contributed by atoms with E-state index in [1.165, 1.54) is 18.4 Å². The third-order valence-electron chi connectivity index (χ3n) is 3.21. The van der Waals surface area contributed by atoms with Gasteiger partial charge in [-0.25, -0.2) is 8.42 Å². The molecule has 0 unspecified atom stereocenters. The fourth-order valence-corrected chi connectivity index (χ4v) is 4.06. The molecule has 0 atom stereocenters. The number of hydrogen-bond donors (Lipinski definition) is 1. The number of carbonyl (C=O) groups is 1. The smallest absolute Gasteiger partial charge is 0.264 e. The second-order valence-corrected chi connectivity index (χ2v) is 7.67. The number of nitrogens with zero attached hydrogens (tertiary/aromatic N) is 1. The predicted octanol–water partition coefficient (Wildman–Crippen LogP) is 2.63. The van der Waals surface area contributed by atoms with Crippen LogP contribution in [-0.4, -0.2) is 27.9 Å². The fraction of sp³-hybridized carbons (Fsp3) is 0.267. The standard InChI is InChI=1S/C15H18N2O3S2/c1-4-16-15(18)14-13(9-10-21-14)17(3)22(19,20)12-7-5-11(2)6-8-12/h5-10H,4H2,1-3H3,(H,16,18). The highest BCUT2D eigenvalue weighted by Crippen LogP contribution is 2.29. The van der Waals surface area contributed by atoms with Crippen LogP contribution in [0.2, 0.25) is 0 Å². The molecule has 1 N–H and O–H groups in total. The zero-order valence-electron chi connectivity index (χ0n) is 12.7. The van der Waals surface area contributed by atoms with Crippen LogP contribution in [0.4, 0.5) is 5.69 Å². The van der Waals surface area contributed by atoms with Gasteiger partial charge in [0.2, 0.25) is 0 Å². The molecule has 5 nitrogen and oxygen atoms in total. The van der Waals surface area contributed by atoms with E-state index in [-0.39, 0.29) is 10.8 Å². The summed E-state index contributed by atoms with van der Waals surface area (Å²) in [6, 6.07) is 8.28. The van der Waals surface area contributed by atoms with Crippen LogP contribution in [0.1, 0.15) is 22.2 Å². The molecule has 0 radical (unpaired) electrons. The Bertz CT molecular complexity index is 764. The number of sulfonamides is 1. The molecule has 118 valence electrons. The van der Waals surface area contributed by atoms with Gasteiger partial charge in [0.1, 0.15) is 4.88 Å². The molecule has 0 fully saturated rings. The zero-order chi connectivity index (χ0) is 16.3. The maximum Gasteiger partial charge on any atom is 0.264 e. The van der Waals surface area contributed by atoms with E-state index < -0.39 is 10.0 Å². The minimum absolute atomic E-state index is 0.202. The van der Waals surface area contributed by atoms with Gasteiger partial charge in [-0.1, -0.05) is 17.7 Å². The number of thiophene rings is 1. The maximum absolute atomic E-state index is 12.7. The second kappa shape index (κ2) is 6.50. The van der Waals surface area contributed by atoms with Gasteiger partial charge in [0, 0.05) is 13.6 Å². The molecular formula is C15H18N2O3S2. The molecule has 1 aromatic heterocycles. The average Bonchev–Trinajstić information content (AvgIpc) is 2.96. The second-order valence-electron chi connectivity index (χ2n) is 4.78. The molecule has 0 aliphatic heterocycles. The van der Waals surface area contributed by atoms with Crippen molar-refractivity contribution in [2.45, 2.75) is 18.7 Å². The summed E-state index contributed by atoms with van der Waals surface area (Å²) in [6.45, 7) is 4.20. The van der Waals surface area contributed by atoms with Gasteiger partial charge >= 0.3 is 0 Å². The average molecular weight is 338 g/mol. The van der Waals surface area contributed by atoms with Crippen LogP contribution in [0.5, 0.6) is 0 Å². The molecule has 7 heteroatoms. The van der Waals surface area contributed by atoms with Crippen LogP contribution in [-0.2, 0) is 10.0 Å². The molecule has 0 saturated carbocycles. The zero-order valence-corrected chi connectivity index (χ0v) is 14.3. The summed E-state index contributed by atoms with van der Waals surface area (Å²) in [6.07, 6.45) is 0. The van der Waals surface area contributed by atoms with Crippen LogP contribution < -0.4 is 9.62 Å². The number of aryl methyl sites for hydroxylation is 1. The summed E-state index contributed by atoms with van der Waals surface area (Å²) in [4.78, 5) is 12.6. The minimum atomic E-state index is -3.69. The minimum Gasteiger partial charge on any atom is -0.352 e. The third-order valence-corrected chi connectivity index (χ3v) is 5.89. The summed E-state index contributed by atoms with van der Waals surface area (Å²) in [5.41, 5.74) is 1.37. The van der Waals surface area contributed by atoms with Crippen LogP contribution in [0.3, 0.4) is 0 Å². The van der Waals surface area contributed by atoms with Crippen molar-refractivity contribution >= 4 is 33.0 Å². The lowest BCUT2D eigenvalue weighted by Crippen LogP contribution is -2.29. The van der Waals surface area contributed by atoms with Crippen molar-refractivity contribution in [2.24, 2.45) is 0 Å². The number of rotatable bonds is 5. The fourth-order valence-electron chi connectivity index (χ4n) is 1.96. The van der Waals surface area contributed by atoms with Crippen molar-refractivity contribution < 1.29 is 13.2 Å². The number of nitrogens with one attached hydrogen (secondary N) is 1. The highest BCUT2D eigenvalue weighted by Gasteiger charge is 2.25. The number of benzene rings is 1. The number of hydrogen-bond acceptors (Lipinski definition) is 4. The quantitative estimate of drug-likeness (QED) is 0.911. The summed E-state index contributed by atoms with van der Waals surface area (Å²) >= 11 is 1.22. The Hall–Kier alpha value is -1.86. The van der Waals surface area contributed by atoms with Gasteiger partial charge in [-0.05, 0) is 37.4 Å². The van der Waals surface area contributed by atoms with Gasteiger partial charge in [0.15, 0.2) is 0 Å². The first kappa shape index (κ1) is 16.5. The van der Waals surface area contributed by atoms with Crippen molar-refractivity contribution in [3.8, 4) is 0 Å². The molecule has 0 bridgehead atoms. The Morgan fingerprint density at radius 2 is 1.86 bits per heavy atom. The van der Waals surface area contributed by atoms with Crippen LogP contribution in [0.25, 0.3) is 0 Å². The first-order chi connectivity index (χ1) is 10.4. The molecule has 22 heavy (non-hydrogen) atoms. The lowest BCUT2D eigenvalue weighted by atomic mass is 10.2. The summed E-state index contributed by atoms with van der Waals surface area (Å²) in [7, 11) is -2.23. The molecule has 1 aromatic carbocycles. The third kappa shape index (κ3) is 3.15. The predicted molar refractivity (Wildman–Crippen MR) is 89.1 cm³/mol. The first-order valence-electron chi connectivity index (χ1n) is 6.79. The molecular weight excluding hydrogens is 320 g/mol. The van der Waals surface area contributed by atoms with E-state index in [1.807, 2.05) is 13.8 Å². The normalized spacial score (nSPS) is 11.2. The number of carbonyl (C=O) groups excluding carboxylic acids is 1. The molecule has 2 aromatic rings. The first-order valence-corrected chi connectivity index (χ1v) is 9.11. The summed E-state index contributed by atoms with van der Waals surface area (Å²) < 4.78 is 26.5. The molecule has 1 amide bonds. The Morgan fingerprint density at radius 1 is 1.23 bits per heavy atom. The Morgan fingerprint density at radius 3 is 2.45 bits per heavy atom. The van der Waals surface area contributed by atoms with E-state index in [0.717, 1.165) is 9.87 Å². The largest absolute Gasteiger partial charge is 0.352 e. The van der Waals surface area contributed by atoms with Crippen molar-refractivity contribution in [3.63, 3.8) is 0 Å². The van der Waals surface area contributed by atoms with Gasteiger partial charge in [0.25, 0.3) is 15.9 Å². The Labute approximate surface area is 134 Å². The topological polar surface area (TPSA) is 66.5 Å². The van der Waals surface area contributed by atoms with Crippen LogP contribution in [0, 0.1) is 6.92 Å². The molecule has 0 saturated heterocycles. The molecule has 0 aliphatic carbocycles. The number of amides is 1. The van der Waals surface area contributed by atoms with Gasteiger partial charge < -0.3 is 5.32 Å². The summed E-state index contributed by atoms with van der Waals surface area (Å²) in [5.74, 6) is -0.265. The highest BCUT2D eigenvalue weighted by atomic mass is 32.2. The number of anilines is 1. The van der Waals surface area contributed by atoms with Gasteiger partial charge in [-0.3, -0.25) is 9.10 Å². The van der Waals surface area contributed by atoms with Crippen LogP contribution >= 0.6 is 11.3 Å².